The number of carbonyl (C=O) groups is 3. The number of nitrogens with zero attached hydrogens (tertiary/aromatic N) is 2. The molecule has 1 rings (SSSR count). The SMILES string of the molecule is CCCN(CC(=O)OCC)C(=O)c1ncccc1C(=O)O. The minimum absolute atomic E-state index is 0.178. The van der Waals surface area contributed by atoms with Gasteiger partial charge in [-0.15, -0.1) is 0 Å². The van der Waals surface area contributed by atoms with Gasteiger partial charge in [-0.25, -0.2) is 4.79 Å². The number of carbonyl (C=O) groups excluding carboxylic acids is 2. The number of aromatic carboxylic acids is 1. The van der Waals surface area contributed by atoms with E-state index in [2.05, 4.69) is 4.98 Å². The molecule has 0 aliphatic carbocycles. The molecule has 0 aliphatic heterocycles. The van der Waals surface area contributed by atoms with Crippen molar-refractivity contribution in [1.29, 1.82) is 0 Å². The van der Waals surface area contributed by atoms with Gasteiger partial charge in [0.25, 0.3) is 5.91 Å². The molecule has 0 saturated carbocycles. The lowest BCUT2D eigenvalue weighted by atomic mass is 10.1. The summed E-state index contributed by atoms with van der Waals surface area (Å²) in [5.74, 6) is -2.37. The second-order valence-corrected chi connectivity index (χ2v) is 4.24. The molecule has 1 aromatic rings. The number of ether oxygens (including phenoxy) is 1. The topological polar surface area (TPSA) is 96.8 Å². The Morgan fingerprint density at radius 3 is 2.62 bits per heavy atom. The van der Waals surface area contributed by atoms with Crippen molar-refractivity contribution in [3.63, 3.8) is 0 Å². The smallest absolute Gasteiger partial charge is 0.338 e. The summed E-state index contributed by atoms with van der Waals surface area (Å²) in [4.78, 5) is 40.1. The zero-order valence-corrected chi connectivity index (χ0v) is 12.0. The third-order valence-electron chi connectivity index (χ3n) is 2.65. The Hall–Kier alpha value is -2.44. The third kappa shape index (κ3) is 4.55. The molecule has 0 radical (unpaired) electrons. The lowest BCUT2D eigenvalue weighted by Crippen LogP contribution is -2.38. The maximum absolute atomic E-state index is 12.4. The molecule has 0 aromatic carbocycles. The number of aromatic nitrogens is 1. The first kappa shape index (κ1) is 16.6. The summed E-state index contributed by atoms with van der Waals surface area (Å²) in [6, 6.07) is 2.74. The first-order valence-corrected chi connectivity index (χ1v) is 6.64. The highest BCUT2D eigenvalue weighted by atomic mass is 16.5. The lowest BCUT2D eigenvalue weighted by molar-refractivity contribution is -0.143. The fourth-order valence-electron chi connectivity index (χ4n) is 1.78. The highest BCUT2D eigenvalue weighted by Crippen LogP contribution is 2.10. The molecule has 0 saturated heterocycles. The average molecular weight is 294 g/mol. The standard InChI is InChI=1S/C14H18N2O5/c1-3-8-16(9-11(17)21-4-2)13(18)12-10(14(19)20)6-5-7-15-12/h5-7H,3-4,8-9H2,1-2H3,(H,19,20). The molecule has 7 heteroatoms. The van der Waals surface area contributed by atoms with Crippen LogP contribution in [0.1, 0.15) is 41.1 Å². The summed E-state index contributed by atoms with van der Waals surface area (Å²) in [5.41, 5.74) is -0.366. The molecule has 1 N–H and O–H groups in total. The Bertz CT molecular complexity index is 530. The molecular weight excluding hydrogens is 276 g/mol. The number of carboxylic acid groups (broad SMARTS) is 1. The van der Waals surface area contributed by atoms with Crippen LogP contribution in [-0.4, -0.2) is 52.5 Å². The van der Waals surface area contributed by atoms with Gasteiger partial charge in [0.15, 0.2) is 0 Å². The summed E-state index contributed by atoms with van der Waals surface area (Å²) in [6.45, 7) is 3.83. The largest absolute Gasteiger partial charge is 0.478 e. The highest BCUT2D eigenvalue weighted by molar-refractivity contribution is 6.03. The molecule has 0 bridgehead atoms. The molecule has 0 spiro atoms. The van der Waals surface area contributed by atoms with Crippen molar-refractivity contribution < 1.29 is 24.2 Å². The van der Waals surface area contributed by atoms with Gasteiger partial charge in [-0.3, -0.25) is 14.6 Å². The van der Waals surface area contributed by atoms with E-state index in [9.17, 15) is 14.4 Å². The van der Waals surface area contributed by atoms with Crippen LogP contribution < -0.4 is 0 Å². The normalized spacial score (nSPS) is 10.0. The van der Waals surface area contributed by atoms with Crippen LogP contribution in [0.2, 0.25) is 0 Å². The van der Waals surface area contributed by atoms with Crippen LogP contribution in [0.25, 0.3) is 0 Å². The van der Waals surface area contributed by atoms with Gasteiger partial charge in [-0.1, -0.05) is 6.92 Å². The van der Waals surface area contributed by atoms with E-state index in [4.69, 9.17) is 9.84 Å². The van der Waals surface area contributed by atoms with E-state index in [0.717, 1.165) is 0 Å². The van der Waals surface area contributed by atoms with E-state index >= 15 is 0 Å². The van der Waals surface area contributed by atoms with Gasteiger partial charge in [0.1, 0.15) is 12.2 Å². The van der Waals surface area contributed by atoms with Crippen LogP contribution in [-0.2, 0) is 9.53 Å². The number of amides is 1. The van der Waals surface area contributed by atoms with E-state index in [-0.39, 0.29) is 24.4 Å². The maximum Gasteiger partial charge on any atom is 0.338 e. The van der Waals surface area contributed by atoms with Crippen molar-refractivity contribution in [2.75, 3.05) is 19.7 Å². The Labute approximate surface area is 122 Å². The third-order valence-corrected chi connectivity index (χ3v) is 2.65. The van der Waals surface area contributed by atoms with Gasteiger partial charge in [-0.2, -0.15) is 0 Å². The monoisotopic (exact) mass is 294 g/mol. The number of pyridine rings is 1. The summed E-state index contributed by atoms with van der Waals surface area (Å²) in [5, 5.41) is 9.09. The predicted octanol–water partition coefficient (Wildman–Crippen LogP) is 1.20. The zero-order chi connectivity index (χ0) is 15.8. The number of esters is 1. The molecular formula is C14H18N2O5. The Kier molecular flexibility index (Phi) is 6.32. The van der Waals surface area contributed by atoms with E-state index in [1.165, 1.54) is 23.2 Å². The lowest BCUT2D eigenvalue weighted by Gasteiger charge is -2.21. The first-order chi connectivity index (χ1) is 10.0. The summed E-state index contributed by atoms with van der Waals surface area (Å²) < 4.78 is 4.81. The van der Waals surface area contributed by atoms with Crippen LogP contribution in [0.3, 0.4) is 0 Å². The minimum atomic E-state index is -1.24. The molecule has 0 aliphatic rings. The van der Waals surface area contributed by atoms with Crippen LogP contribution in [0.5, 0.6) is 0 Å². The molecule has 0 unspecified atom stereocenters. The van der Waals surface area contributed by atoms with E-state index < -0.39 is 17.8 Å². The molecule has 21 heavy (non-hydrogen) atoms. The van der Waals surface area contributed by atoms with Gasteiger partial charge < -0.3 is 14.7 Å². The van der Waals surface area contributed by atoms with Gasteiger partial charge in [0.05, 0.1) is 12.2 Å². The fraction of sp³-hybridized carbons (Fsp3) is 0.429. The quantitative estimate of drug-likeness (QED) is 0.759. The van der Waals surface area contributed by atoms with Crippen molar-refractivity contribution >= 4 is 17.8 Å². The van der Waals surface area contributed by atoms with Crippen LogP contribution >= 0.6 is 0 Å². The van der Waals surface area contributed by atoms with Crippen molar-refractivity contribution in [1.82, 2.24) is 9.88 Å². The van der Waals surface area contributed by atoms with Gasteiger partial charge in [-0.05, 0) is 25.5 Å². The number of carboxylic acids is 1. The Morgan fingerprint density at radius 2 is 2.05 bits per heavy atom. The van der Waals surface area contributed by atoms with Crippen LogP contribution in [0.4, 0.5) is 0 Å². The maximum atomic E-state index is 12.4. The molecule has 1 amide bonds. The number of hydrogen-bond acceptors (Lipinski definition) is 5. The Morgan fingerprint density at radius 1 is 1.33 bits per heavy atom. The first-order valence-electron chi connectivity index (χ1n) is 6.64. The summed E-state index contributed by atoms with van der Waals surface area (Å²) >= 11 is 0. The van der Waals surface area contributed by atoms with Crippen molar-refractivity contribution in [3.8, 4) is 0 Å². The van der Waals surface area contributed by atoms with Crippen molar-refractivity contribution in [3.05, 3.63) is 29.6 Å². The number of hydrogen-bond donors (Lipinski definition) is 1. The number of rotatable bonds is 7. The fourth-order valence-corrected chi connectivity index (χ4v) is 1.78. The second-order valence-electron chi connectivity index (χ2n) is 4.24. The van der Waals surface area contributed by atoms with Crippen LogP contribution in [0, 0.1) is 0 Å². The average Bonchev–Trinajstić information content (AvgIpc) is 2.46. The van der Waals surface area contributed by atoms with Gasteiger partial charge >= 0.3 is 11.9 Å². The van der Waals surface area contributed by atoms with Crippen molar-refractivity contribution in [2.24, 2.45) is 0 Å². The van der Waals surface area contributed by atoms with E-state index in [1.807, 2.05) is 6.92 Å². The van der Waals surface area contributed by atoms with E-state index in [0.29, 0.717) is 13.0 Å². The van der Waals surface area contributed by atoms with Gasteiger partial charge in [0, 0.05) is 12.7 Å². The predicted molar refractivity (Wildman–Crippen MR) is 74.0 cm³/mol. The molecule has 1 aromatic heterocycles. The van der Waals surface area contributed by atoms with Gasteiger partial charge in [0.2, 0.25) is 0 Å². The summed E-state index contributed by atoms with van der Waals surface area (Å²) in [6.07, 6.45) is 1.97. The Balaban J connectivity index is 3.00. The highest BCUT2D eigenvalue weighted by Gasteiger charge is 2.24. The minimum Gasteiger partial charge on any atom is -0.478 e. The van der Waals surface area contributed by atoms with E-state index in [1.54, 1.807) is 6.92 Å². The van der Waals surface area contributed by atoms with Crippen LogP contribution in [0.15, 0.2) is 18.3 Å². The molecule has 7 nitrogen and oxygen atoms in total. The van der Waals surface area contributed by atoms with Crippen molar-refractivity contribution in [2.45, 2.75) is 20.3 Å². The molecule has 0 fully saturated rings. The molecule has 1 heterocycles. The summed E-state index contributed by atoms with van der Waals surface area (Å²) in [7, 11) is 0. The second kappa shape index (κ2) is 7.98. The zero-order valence-electron chi connectivity index (χ0n) is 12.0. The molecule has 114 valence electrons. The molecule has 0 atom stereocenters.